The zero-order valence-corrected chi connectivity index (χ0v) is 13.6. The molecule has 4 N–H and O–H groups in total. The predicted molar refractivity (Wildman–Crippen MR) is 93.7 cm³/mol. The van der Waals surface area contributed by atoms with Gasteiger partial charge in [0.05, 0.1) is 25.3 Å². The number of amides is 2. The van der Waals surface area contributed by atoms with Crippen LogP contribution < -0.4 is 10.6 Å². The maximum absolute atomic E-state index is 12.1. The summed E-state index contributed by atoms with van der Waals surface area (Å²) in [6.07, 6.45) is 1.10. The van der Waals surface area contributed by atoms with Crippen LogP contribution in [0.4, 0.5) is 4.79 Å². The fourth-order valence-corrected chi connectivity index (χ4v) is 2.53. The highest BCUT2D eigenvalue weighted by molar-refractivity contribution is 5.74. The first-order valence-electron chi connectivity index (χ1n) is 8.08. The number of aliphatic hydroxyl groups excluding tert-OH is 2. The molecule has 0 bridgehead atoms. The first kappa shape index (κ1) is 18.0. The van der Waals surface area contributed by atoms with Crippen molar-refractivity contribution in [1.29, 1.82) is 0 Å². The molecule has 0 aliphatic rings. The molecule has 0 saturated heterocycles. The third-order valence-electron chi connectivity index (χ3n) is 3.76. The minimum atomic E-state index is -0.389. The van der Waals surface area contributed by atoms with Crippen LogP contribution in [0.5, 0.6) is 0 Å². The van der Waals surface area contributed by atoms with Crippen molar-refractivity contribution >= 4 is 6.03 Å². The number of nitrogens with one attached hydrogen (secondary N) is 2. The Kier molecular flexibility index (Phi) is 7.26. The van der Waals surface area contributed by atoms with Crippen molar-refractivity contribution in [3.05, 3.63) is 71.8 Å². The van der Waals surface area contributed by atoms with Crippen LogP contribution in [-0.2, 0) is 12.8 Å². The topological polar surface area (TPSA) is 81.6 Å². The third kappa shape index (κ3) is 6.02. The van der Waals surface area contributed by atoms with Crippen molar-refractivity contribution < 1.29 is 15.0 Å². The summed E-state index contributed by atoms with van der Waals surface area (Å²) in [6.45, 7) is -0.296. The second kappa shape index (κ2) is 9.70. The zero-order valence-electron chi connectivity index (χ0n) is 13.6. The van der Waals surface area contributed by atoms with Crippen LogP contribution in [0, 0.1) is 0 Å². The predicted octanol–water partition coefficient (Wildman–Crippen LogP) is 1.49. The third-order valence-corrected chi connectivity index (χ3v) is 3.76. The van der Waals surface area contributed by atoms with Crippen LogP contribution >= 0.6 is 0 Å². The van der Waals surface area contributed by atoms with E-state index in [1.54, 1.807) is 0 Å². The molecular formula is C19H24N2O3. The summed E-state index contributed by atoms with van der Waals surface area (Å²) in [4.78, 5) is 12.1. The fraction of sp³-hybridized carbons (Fsp3) is 0.316. The molecule has 2 unspecified atom stereocenters. The molecule has 2 atom stereocenters. The van der Waals surface area contributed by atoms with Gasteiger partial charge in [0.15, 0.2) is 0 Å². The number of benzene rings is 2. The monoisotopic (exact) mass is 328 g/mol. The first-order chi connectivity index (χ1) is 11.7. The van der Waals surface area contributed by atoms with Gasteiger partial charge in [-0.05, 0) is 24.0 Å². The Hall–Kier alpha value is -2.37. The number of rotatable bonds is 8. The van der Waals surface area contributed by atoms with Crippen LogP contribution in [0.1, 0.15) is 11.1 Å². The van der Waals surface area contributed by atoms with Crippen molar-refractivity contribution in [3.63, 3.8) is 0 Å². The Balaban J connectivity index is 1.85. The lowest BCUT2D eigenvalue weighted by Crippen LogP contribution is -2.49. The molecule has 5 nitrogen and oxygen atoms in total. The average molecular weight is 328 g/mol. The van der Waals surface area contributed by atoms with Gasteiger partial charge in [0.25, 0.3) is 0 Å². The van der Waals surface area contributed by atoms with Gasteiger partial charge in [0, 0.05) is 0 Å². The summed E-state index contributed by atoms with van der Waals surface area (Å²) in [7, 11) is 0. The molecule has 0 fully saturated rings. The van der Waals surface area contributed by atoms with Crippen LogP contribution in [0.25, 0.3) is 0 Å². The van der Waals surface area contributed by atoms with E-state index in [1.165, 1.54) is 0 Å². The van der Waals surface area contributed by atoms with E-state index < -0.39 is 0 Å². The van der Waals surface area contributed by atoms with E-state index in [0.29, 0.717) is 12.8 Å². The molecule has 2 aromatic carbocycles. The van der Waals surface area contributed by atoms with Crippen molar-refractivity contribution in [3.8, 4) is 0 Å². The number of urea groups is 1. The summed E-state index contributed by atoms with van der Waals surface area (Å²) < 4.78 is 0. The molecule has 5 heteroatoms. The average Bonchev–Trinajstić information content (AvgIpc) is 2.62. The second-order valence-corrected chi connectivity index (χ2v) is 5.76. The van der Waals surface area contributed by atoms with Gasteiger partial charge in [-0.1, -0.05) is 60.7 Å². The van der Waals surface area contributed by atoms with Crippen LogP contribution in [0.15, 0.2) is 60.7 Å². The van der Waals surface area contributed by atoms with Gasteiger partial charge < -0.3 is 20.8 Å². The normalized spacial score (nSPS) is 13.1. The van der Waals surface area contributed by atoms with Gasteiger partial charge in [0.1, 0.15) is 0 Å². The summed E-state index contributed by atoms with van der Waals surface area (Å²) in [5.41, 5.74) is 2.08. The Morgan fingerprint density at radius 2 is 1.12 bits per heavy atom. The Labute approximate surface area is 142 Å². The number of carbonyl (C=O) groups excluding carboxylic acids is 1. The van der Waals surface area contributed by atoms with Gasteiger partial charge >= 0.3 is 6.03 Å². The molecule has 0 spiro atoms. The number of aliphatic hydroxyl groups is 2. The first-order valence-corrected chi connectivity index (χ1v) is 8.08. The van der Waals surface area contributed by atoms with Crippen LogP contribution in [-0.4, -0.2) is 41.5 Å². The highest BCUT2D eigenvalue weighted by atomic mass is 16.3. The Morgan fingerprint density at radius 3 is 1.46 bits per heavy atom. The van der Waals surface area contributed by atoms with Crippen LogP contribution in [0.3, 0.4) is 0 Å². The minimum Gasteiger partial charge on any atom is -0.394 e. The van der Waals surface area contributed by atoms with E-state index in [4.69, 9.17) is 0 Å². The van der Waals surface area contributed by atoms with Crippen molar-refractivity contribution in [2.45, 2.75) is 24.9 Å². The van der Waals surface area contributed by atoms with Gasteiger partial charge in [0.2, 0.25) is 0 Å². The Bertz CT molecular complexity index is 551. The lowest BCUT2D eigenvalue weighted by Gasteiger charge is -2.21. The minimum absolute atomic E-state index is 0.148. The van der Waals surface area contributed by atoms with Gasteiger partial charge in [-0.25, -0.2) is 4.79 Å². The van der Waals surface area contributed by atoms with Crippen molar-refractivity contribution in [1.82, 2.24) is 10.6 Å². The highest BCUT2D eigenvalue weighted by Crippen LogP contribution is 2.04. The summed E-state index contributed by atoms with van der Waals surface area (Å²) in [5.74, 6) is 0. The highest BCUT2D eigenvalue weighted by Gasteiger charge is 2.16. The zero-order chi connectivity index (χ0) is 17.2. The maximum Gasteiger partial charge on any atom is 0.315 e. The molecule has 2 aromatic rings. The second-order valence-electron chi connectivity index (χ2n) is 5.76. The Morgan fingerprint density at radius 1 is 0.750 bits per heavy atom. The smallest absolute Gasteiger partial charge is 0.315 e. The molecule has 0 aromatic heterocycles. The molecule has 0 aliphatic heterocycles. The van der Waals surface area contributed by atoms with Crippen LogP contribution in [0.2, 0.25) is 0 Å². The molecular weight excluding hydrogens is 304 g/mol. The summed E-state index contributed by atoms with van der Waals surface area (Å²) in [6, 6.07) is 18.2. The fourth-order valence-electron chi connectivity index (χ4n) is 2.53. The van der Waals surface area contributed by atoms with Crippen molar-refractivity contribution in [2.24, 2.45) is 0 Å². The van der Waals surface area contributed by atoms with E-state index in [-0.39, 0.29) is 31.3 Å². The molecule has 0 aliphatic carbocycles. The number of carbonyl (C=O) groups is 1. The van der Waals surface area contributed by atoms with E-state index in [1.807, 2.05) is 60.7 Å². The van der Waals surface area contributed by atoms with E-state index in [9.17, 15) is 15.0 Å². The molecule has 0 heterocycles. The SMILES string of the molecule is O=C(NC(CO)Cc1ccccc1)NC(CO)Cc1ccccc1. The van der Waals surface area contributed by atoms with Gasteiger partial charge in [-0.3, -0.25) is 0 Å². The summed E-state index contributed by atoms with van der Waals surface area (Å²) in [5, 5.41) is 24.5. The molecule has 0 radical (unpaired) electrons. The molecule has 0 saturated carbocycles. The quantitative estimate of drug-likeness (QED) is 0.593. The standard InChI is InChI=1S/C19H24N2O3/c22-13-17(11-15-7-3-1-4-8-15)20-19(24)21-18(14-23)12-16-9-5-2-6-10-16/h1-10,17-18,22-23H,11-14H2,(H2,20,21,24). The van der Waals surface area contributed by atoms with Gasteiger partial charge in [-0.15, -0.1) is 0 Å². The largest absolute Gasteiger partial charge is 0.394 e. The van der Waals surface area contributed by atoms with E-state index >= 15 is 0 Å². The van der Waals surface area contributed by atoms with Gasteiger partial charge in [-0.2, -0.15) is 0 Å². The maximum atomic E-state index is 12.1. The van der Waals surface area contributed by atoms with E-state index in [2.05, 4.69) is 10.6 Å². The van der Waals surface area contributed by atoms with E-state index in [0.717, 1.165) is 11.1 Å². The molecule has 2 amide bonds. The van der Waals surface area contributed by atoms with Crippen molar-refractivity contribution in [2.75, 3.05) is 13.2 Å². The molecule has 2 rings (SSSR count). The lowest BCUT2D eigenvalue weighted by molar-refractivity contribution is 0.201. The molecule has 24 heavy (non-hydrogen) atoms. The number of hydrogen-bond acceptors (Lipinski definition) is 3. The number of hydrogen-bond donors (Lipinski definition) is 4. The lowest BCUT2D eigenvalue weighted by atomic mass is 10.1. The summed E-state index contributed by atoms with van der Waals surface area (Å²) >= 11 is 0. The molecule has 128 valence electrons.